The number of rotatable bonds is 2. The highest BCUT2D eigenvalue weighted by Gasteiger charge is 2.23. The second-order valence-electron chi connectivity index (χ2n) is 3.69. The van der Waals surface area contributed by atoms with Gasteiger partial charge in [0.25, 0.3) is 0 Å². The number of nitrogens with two attached hydrogens (primary N) is 1. The molecule has 1 atom stereocenters. The van der Waals surface area contributed by atoms with Crippen LogP contribution < -0.4 is 10.5 Å². The Kier molecular flexibility index (Phi) is 2.58. The number of benzene rings is 1. The quantitative estimate of drug-likeness (QED) is 0.803. The highest BCUT2D eigenvalue weighted by atomic mass is 19.1. The lowest BCUT2D eigenvalue weighted by atomic mass is 9.90. The minimum absolute atomic E-state index is 0.0121. The first-order chi connectivity index (χ1) is 7.16. The largest absolute Gasteiger partial charge is 0.493 e. The van der Waals surface area contributed by atoms with Crippen molar-refractivity contribution in [1.29, 1.82) is 0 Å². The van der Waals surface area contributed by atoms with Gasteiger partial charge in [-0.2, -0.15) is 0 Å². The molecule has 0 radical (unpaired) electrons. The summed E-state index contributed by atoms with van der Waals surface area (Å²) in [5.41, 5.74) is 5.90. The monoisotopic (exact) mass is 209 g/mol. The average molecular weight is 209 g/mol. The van der Waals surface area contributed by atoms with Gasteiger partial charge in [0.15, 0.2) is 0 Å². The van der Waals surface area contributed by atoms with E-state index in [2.05, 4.69) is 0 Å². The number of halogens is 1. The molecule has 4 heteroatoms. The van der Waals surface area contributed by atoms with Crippen LogP contribution in [0.2, 0.25) is 0 Å². The topological polar surface area (TPSA) is 52.3 Å². The molecule has 0 aliphatic carbocycles. The predicted octanol–water partition coefficient (Wildman–Crippen LogP) is 1.57. The van der Waals surface area contributed by atoms with Crippen LogP contribution in [0.5, 0.6) is 5.75 Å². The van der Waals surface area contributed by atoms with Gasteiger partial charge < -0.3 is 10.5 Å². The molecule has 1 unspecified atom stereocenters. The zero-order valence-corrected chi connectivity index (χ0v) is 8.20. The maximum atomic E-state index is 13.0. The van der Waals surface area contributed by atoms with Crippen molar-refractivity contribution in [3.05, 3.63) is 29.6 Å². The smallest absolute Gasteiger partial charge is 0.218 e. The van der Waals surface area contributed by atoms with Gasteiger partial charge in [-0.15, -0.1) is 0 Å². The molecule has 1 amide bonds. The number of carbonyl (C=O) groups excluding carboxylic acids is 1. The van der Waals surface area contributed by atoms with Crippen molar-refractivity contribution in [2.45, 2.75) is 18.8 Å². The number of ether oxygens (including phenoxy) is 1. The summed E-state index contributed by atoms with van der Waals surface area (Å²) in [5.74, 6) is -0.0262. The lowest BCUT2D eigenvalue weighted by molar-refractivity contribution is -0.118. The number of amides is 1. The summed E-state index contributed by atoms with van der Waals surface area (Å²) in [6.45, 7) is 0.552. The highest BCUT2D eigenvalue weighted by Crippen LogP contribution is 2.35. The molecular weight excluding hydrogens is 197 g/mol. The molecule has 1 aliphatic heterocycles. The summed E-state index contributed by atoms with van der Waals surface area (Å²) < 4.78 is 18.4. The molecule has 0 fully saturated rings. The highest BCUT2D eigenvalue weighted by molar-refractivity contribution is 5.75. The number of fused-ring (bicyclic) bond motifs is 1. The second kappa shape index (κ2) is 3.88. The molecule has 2 N–H and O–H groups in total. The Morgan fingerprint density at radius 1 is 1.60 bits per heavy atom. The van der Waals surface area contributed by atoms with Gasteiger partial charge >= 0.3 is 0 Å². The lowest BCUT2D eigenvalue weighted by Crippen LogP contribution is -2.20. The molecular formula is C11H12FNO2. The van der Waals surface area contributed by atoms with Gasteiger partial charge in [-0.1, -0.05) is 0 Å². The minimum Gasteiger partial charge on any atom is -0.493 e. The third kappa shape index (κ3) is 2.09. The third-order valence-corrected chi connectivity index (χ3v) is 2.58. The van der Waals surface area contributed by atoms with E-state index in [4.69, 9.17) is 10.5 Å². The Morgan fingerprint density at radius 2 is 2.40 bits per heavy atom. The maximum absolute atomic E-state index is 13.0. The van der Waals surface area contributed by atoms with E-state index in [-0.39, 0.29) is 24.1 Å². The zero-order valence-electron chi connectivity index (χ0n) is 8.20. The molecule has 0 bridgehead atoms. The first-order valence-corrected chi connectivity index (χ1v) is 4.87. The van der Waals surface area contributed by atoms with Crippen LogP contribution in [0.25, 0.3) is 0 Å². The Hall–Kier alpha value is -1.58. The van der Waals surface area contributed by atoms with Crippen LogP contribution in [0.3, 0.4) is 0 Å². The van der Waals surface area contributed by atoms with Crippen molar-refractivity contribution in [1.82, 2.24) is 0 Å². The van der Waals surface area contributed by atoms with Gasteiger partial charge in [0, 0.05) is 12.0 Å². The fourth-order valence-corrected chi connectivity index (χ4v) is 1.89. The minimum atomic E-state index is -0.364. The second-order valence-corrected chi connectivity index (χ2v) is 3.69. The molecule has 15 heavy (non-hydrogen) atoms. The molecule has 1 aromatic rings. The van der Waals surface area contributed by atoms with E-state index in [0.29, 0.717) is 18.8 Å². The molecule has 1 aromatic carbocycles. The van der Waals surface area contributed by atoms with Crippen LogP contribution in [0.4, 0.5) is 4.39 Å². The van der Waals surface area contributed by atoms with Crippen LogP contribution in [0.1, 0.15) is 24.3 Å². The molecule has 1 aliphatic rings. The molecule has 1 heterocycles. The Labute approximate surface area is 87.0 Å². The predicted molar refractivity (Wildman–Crippen MR) is 53.1 cm³/mol. The fraction of sp³-hybridized carbons (Fsp3) is 0.364. The third-order valence-electron chi connectivity index (χ3n) is 2.58. The van der Waals surface area contributed by atoms with Gasteiger partial charge in [-0.05, 0) is 30.5 Å². The van der Waals surface area contributed by atoms with Gasteiger partial charge in [-0.3, -0.25) is 4.79 Å². The van der Waals surface area contributed by atoms with E-state index >= 15 is 0 Å². The van der Waals surface area contributed by atoms with E-state index in [0.717, 1.165) is 5.56 Å². The average Bonchev–Trinajstić information content (AvgIpc) is 2.18. The van der Waals surface area contributed by atoms with Crippen molar-refractivity contribution in [3.63, 3.8) is 0 Å². The summed E-state index contributed by atoms with van der Waals surface area (Å²) >= 11 is 0. The van der Waals surface area contributed by atoms with Gasteiger partial charge in [-0.25, -0.2) is 4.39 Å². The summed E-state index contributed by atoms with van der Waals surface area (Å²) in [6.07, 6.45) is 0.958. The van der Waals surface area contributed by atoms with E-state index in [1.165, 1.54) is 12.1 Å². The van der Waals surface area contributed by atoms with Crippen LogP contribution >= 0.6 is 0 Å². The molecule has 2 rings (SSSR count). The standard InChI is InChI=1S/C11H12FNO2/c12-8-1-2-10-9(6-8)7(3-4-15-10)5-11(13)14/h1-2,6-7H,3-5H2,(H2,13,14). The number of hydrogen-bond donors (Lipinski definition) is 1. The molecule has 80 valence electrons. The first kappa shape index (κ1) is 9.96. The molecule has 3 nitrogen and oxygen atoms in total. The fourth-order valence-electron chi connectivity index (χ4n) is 1.89. The summed E-state index contributed by atoms with van der Waals surface area (Å²) in [5, 5.41) is 0. The van der Waals surface area contributed by atoms with Crippen molar-refractivity contribution in [2.75, 3.05) is 6.61 Å². The van der Waals surface area contributed by atoms with E-state index in [1.54, 1.807) is 6.07 Å². The van der Waals surface area contributed by atoms with Crippen molar-refractivity contribution in [2.24, 2.45) is 5.73 Å². The van der Waals surface area contributed by atoms with Crippen molar-refractivity contribution < 1.29 is 13.9 Å². The van der Waals surface area contributed by atoms with Gasteiger partial charge in [0.05, 0.1) is 6.61 Å². The van der Waals surface area contributed by atoms with Gasteiger partial charge in [0.2, 0.25) is 5.91 Å². The molecule has 0 aromatic heterocycles. The van der Waals surface area contributed by atoms with Gasteiger partial charge in [0.1, 0.15) is 11.6 Å². The normalized spacial score (nSPS) is 19.1. The summed E-state index contributed by atoms with van der Waals surface area (Å²) in [6, 6.07) is 4.37. The molecule has 0 spiro atoms. The number of hydrogen-bond acceptors (Lipinski definition) is 2. The maximum Gasteiger partial charge on any atom is 0.218 e. The zero-order chi connectivity index (χ0) is 10.8. The Morgan fingerprint density at radius 3 is 3.13 bits per heavy atom. The van der Waals surface area contributed by atoms with Crippen LogP contribution in [-0.2, 0) is 4.79 Å². The summed E-state index contributed by atoms with van der Waals surface area (Å²) in [7, 11) is 0. The van der Waals surface area contributed by atoms with Crippen LogP contribution in [-0.4, -0.2) is 12.5 Å². The Bertz CT molecular complexity index is 392. The van der Waals surface area contributed by atoms with E-state index < -0.39 is 0 Å². The van der Waals surface area contributed by atoms with Crippen LogP contribution in [0.15, 0.2) is 18.2 Å². The van der Waals surface area contributed by atoms with Crippen molar-refractivity contribution >= 4 is 5.91 Å². The summed E-state index contributed by atoms with van der Waals surface area (Å²) in [4.78, 5) is 10.8. The number of primary amides is 1. The molecule has 0 saturated heterocycles. The van der Waals surface area contributed by atoms with Crippen molar-refractivity contribution in [3.8, 4) is 5.75 Å². The number of carbonyl (C=O) groups is 1. The van der Waals surface area contributed by atoms with Crippen LogP contribution in [0, 0.1) is 5.82 Å². The lowest BCUT2D eigenvalue weighted by Gasteiger charge is -2.24. The SMILES string of the molecule is NC(=O)CC1CCOc2ccc(F)cc21. The Balaban J connectivity index is 2.32. The van der Waals surface area contributed by atoms with E-state index in [9.17, 15) is 9.18 Å². The van der Waals surface area contributed by atoms with E-state index in [1.807, 2.05) is 0 Å². The molecule has 0 saturated carbocycles. The first-order valence-electron chi connectivity index (χ1n) is 4.87.